The molecule has 3 amide bonds. The zero-order valence-corrected chi connectivity index (χ0v) is 12.9. The average molecular weight is 313 g/mol. The molecule has 1 aliphatic heterocycles. The maximum atomic E-state index is 11.9. The van der Waals surface area contributed by atoms with Crippen LogP contribution in [0.3, 0.4) is 0 Å². The first-order chi connectivity index (χ1) is 11.1. The van der Waals surface area contributed by atoms with Crippen molar-refractivity contribution in [1.82, 2.24) is 10.6 Å². The van der Waals surface area contributed by atoms with Crippen LogP contribution in [0.25, 0.3) is 0 Å². The van der Waals surface area contributed by atoms with Crippen LogP contribution in [0.15, 0.2) is 41.0 Å². The van der Waals surface area contributed by atoms with Crippen molar-refractivity contribution in [3.8, 4) is 0 Å². The molecule has 1 aliphatic rings. The Hall–Kier alpha value is -2.76. The number of hydrogen-bond donors (Lipinski definition) is 3. The summed E-state index contributed by atoms with van der Waals surface area (Å²) in [5.74, 6) is 0.756. The summed E-state index contributed by atoms with van der Waals surface area (Å²) in [6.45, 7) is 2.28. The molecule has 6 nitrogen and oxygen atoms in total. The fraction of sp³-hybridized carbons (Fsp3) is 0.294. The number of nitrogens with one attached hydrogen (secondary N) is 3. The van der Waals surface area contributed by atoms with E-state index in [1.54, 1.807) is 12.3 Å². The first kappa shape index (κ1) is 15.1. The molecule has 120 valence electrons. The molecular weight excluding hydrogens is 294 g/mol. The van der Waals surface area contributed by atoms with Crippen molar-refractivity contribution in [2.24, 2.45) is 0 Å². The van der Waals surface area contributed by atoms with E-state index in [1.807, 2.05) is 31.2 Å². The van der Waals surface area contributed by atoms with Gasteiger partial charge >= 0.3 is 6.03 Å². The van der Waals surface area contributed by atoms with E-state index in [0.29, 0.717) is 18.7 Å². The van der Waals surface area contributed by atoms with Gasteiger partial charge in [-0.05, 0) is 42.7 Å². The van der Waals surface area contributed by atoms with Crippen molar-refractivity contribution < 1.29 is 14.0 Å². The molecule has 3 N–H and O–H groups in total. The monoisotopic (exact) mass is 313 g/mol. The molecule has 1 aromatic carbocycles. The molecule has 23 heavy (non-hydrogen) atoms. The number of aryl methyl sites for hydroxylation is 1. The Balaban J connectivity index is 1.58. The van der Waals surface area contributed by atoms with Gasteiger partial charge in [0.05, 0.1) is 18.8 Å². The van der Waals surface area contributed by atoms with Crippen LogP contribution >= 0.6 is 0 Å². The number of furan rings is 1. The van der Waals surface area contributed by atoms with Crippen LogP contribution in [0.4, 0.5) is 10.5 Å². The number of rotatable bonds is 4. The quantitative estimate of drug-likeness (QED) is 0.811. The Morgan fingerprint density at radius 2 is 2.22 bits per heavy atom. The number of carbonyl (C=O) groups excluding carboxylic acids is 2. The zero-order chi connectivity index (χ0) is 16.2. The van der Waals surface area contributed by atoms with Crippen molar-refractivity contribution in [3.05, 3.63) is 53.5 Å². The van der Waals surface area contributed by atoms with Crippen LogP contribution in [0.5, 0.6) is 0 Å². The van der Waals surface area contributed by atoms with E-state index in [0.717, 1.165) is 23.2 Å². The lowest BCUT2D eigenvalue weighted by Crippen LogP contribution is -2.36. The first-order valence-electron chi connectivity index (χ1n) is 7.61. The molecule has 0 saturated carbocycles. The molecule has 0 radical (unpaired) electrons. The number of fused-ring (bicyclic) bond motifs is 1. The van der Waals surface area contributed by atoms with Crippen LogP contribution < -0.4 is 16.0 Å². The summed E-state index contributed by atoms with van der Waals surface area (Å²) in [5, 5.41) is 8.50. The molecular formula is C17H19N3O3. The van der Waals surface area contributed by atoms with E-state index < -0.39 is 0 Å². The second-order valence-corrected chi connectivity index (χ2v) is 5.59. The first-order valence-corrected chi connectivity index (χ1v) is 7.61. The topological polar surface area (TPSA) is 83.4 Å². The largest absolute Gasteiger partial charge is 0.467 e. The zero-order valence-electron chi connectivity index (χ0n) is 12.9. The molecule has 0 aliphatic carbocycles. The van der Waals surface area contributed by atoms with Crippen molar-refractivity contribution in [3.63, 3.8) is 0 Å². The van der Waals surface area contributed by atoms with Crippen LogP contribution in [0, 0.1) is 0 Å². The van der Waals surface area contributed by atoms with Crippen molar-refractivity contribution >= 4 is 17.6 Å². The summed E-state index contributed by atoms with van der Waals surface area (Å²) in [5.41, 5.74) is 2.97. The Morgan fingerprint density at radius 3 is 3.00 bits per heavy atom. The van der Waals surface area contributed by atoms with Gasteiger partial charge in [0, 0.05) is 12.1 Å². The van der Waals surface area contributed by atoms with Crippen LogP contribution in [0.2, 0.25) is 0 Å². The third-order valence-electron chi connectivity index (χ3n) is 3.88. The maximum absolute atomic E-state index is 11.9. The Kier molecular flexibility index (Phi) is 4.32. The predicted molar refractivity (Wildman–Crippen MR) is 85.9 cm³/mol. The smallest absolute Gasteiger partial charge is 0.315 e. The van der Waals surface area contributed by atoms with E-state index in [9.17, 15) is 9.59 Å². The molecule has 0 bridgehead atoms. The van der Waals surface area contributed by atoms with Gasteiger partial charge in [-0.25, -0.2) is 4.79 Å². The van der Waals surface area contributed by atoms with Crippen molar-refractivity contribution in [2.45, 2.75) is 32.4 Å². The third-order valence-corrected chi connectivity index (χ3v) is 3.88. The predicted octanol–water partition coefficient (Wildman–Crippen LogP) is 2.72. The average Bonchev–Trinajstić information content (AvgIpc) is 3.05. The Labute approximate surface area is 134 Å². The van der Waals surface area contributed by atoms with Crippen LogP contribution in [0.1, 0.15) is 36.3 Å². The van der Waals surface area contributed by atoms with Gasteiger partial charge in [0.25, 0.3) is 0 Å². The SMILES string of the molecule is C[C@@H](NC(=O)NCc1ccco1)c1ccc2c(c1)CCC(=O)N2. The highest BCUT2D eigenvalue weighted by atomic mass is 16.3. The van der Waals surface area contributed by atoms with Crippen LogP contribution in [-0.2, 0) is 17.8 Å². The molecule has 3 rings (SSSR count). The lowest BCUT2D eigenvalue weighted by Gasteiger charge is -2.20. The van der Waals surface area contributed by atoms with Crippen molar-refractivity contribution in [2.75, 3.05) is 5.32 Å². The molecule has 1 aromatic heterocycles. The van der Waals surface area contributed by atoms with Crippen LogP contribution in [-0.4, -0.2) is 11.9 Å². The fourth-order valence-corrected chi connectivity index (χ4v) is 2.58. The summed E-state index contributed by atoms with van der Waals surface area (Å²) in [4.78, 5) is 23.3. The van der Waals surface area contributed by atoms with Gasteiger partial charge in [-0.2, -0.15) is 0 Å². The van der Waals surface area contributed by atoms with Gasteiger partial charge in [-0.1, -0.05) is 12.1 Å². The standard InChI is InChI=1S/C17H19N3O3/c1-11(19-17(22)18-10-14-3-2-8-23-14)12-4-6-15-13(9-12)5-7-16(21)20-15/h2-4,6,8-9,11H,5,7,10H2,1H3,(H,20,21)(H2,18,19,22)/t11-/m1/s1. The van der Waals surface area contributed by atoms with E-state index in [4.69, 9.17) is 4.42 Å². The van der Waals surface area contributed by atoms with Gasteiger partial charge in [0.1, 0.15) is 5.76 Å². The van der Waals surface area contributed by atoms with E-state index in [1.165, 1.54) is 0 Å². The molecule has 0 fully saturated rings. The Bertz CT molecular complexity index is 710. The van der Waals surface area contributed by atoms with Gasteiger partial charge in [-0.15, -0.1) is 0 Å². The number of anilines is 1. The number of hydrogen-bond acceptors (Lipinski definition) is 3. The van der Waals surface area contributed by atoms with E-state index in [-0.39, 0.29) is 18.0 Å². The van der Waals surface area contributed by atoms with Gasteiger partial charge in [0.15, 0.2) is 0 Å². The number of benzene rings is 1. The third kappa shape index (κ3) is 3.71. The second-order valence-electron chi connectivity index (χ2n) is 5.59. The van der Waals surface area contributed by atoms with E-state index in [2.05, 4.69) is 16.0 Å². The summed E-state index contributed by atoms with van der Waals surface area (Å²) in [6.07, 6.45) is 2.80. The van der Waals surface area contributed by atoms with Gasteiger partial charge < -0.3 is 20.4 Å². The molecule has 0 unspecified atom stereocenters. The van der Waals surface area contributed by atoms with E-state index >= 15 is 0 Å². The minimum absolute atomic E-state index is 0.0497. The molecule has 0 spiro atoms. The minimum atomic E-state index is -0.250. The highest BCUT2D eigenvalue weighted by Crippen LogP contribution is 2.26. The lowest BCUT2D eigenvalue weighted by molar-refractivity contribution is -0.116. The molecule has 1 atom stereocenters. The normalized spacial score (nSPS) is 14.6. The number of amides is 3. The summed E-state index contributed by atoms with van der Waals surface area (Å²) >= 11 is 0. The highest BCUT2D eigenvalue weighted by Gasteiger charge is 2.17. The lowest BCUT2D eigenvalue weighted by atomic mass is 9.98. The van der Waals surface area contributed by atoms with Crippen molar-refractivity contribution in [1.29, 1.82) is 0 Å². The summed E-state index contributed by atoms with van der Waals surface area (Å²) < 4.78 is 5.17. The fourth-order valence-electron chi connectivity index (χ4n) is 2.58. The number of urea groups is 1. The molecule has 0 saturated heterocycles. The summed E-state index contributed by atoms with van der Waals surface area (Å²) in [6, 6.07) is 9.05. The molecule has 2 heterocycles. The number of carbonyl (C=O) groups is 2. The summed E-state index contributed by atoms with van der Waals surface area (Å²) in [7, 11) is 0. The second kappa shape index (κ2) is 6.56. The van der Waals surface area contributed by atoms with Gasteiger partial charge in [-0.3, -0.25) is 4.79 Å². The Morgan fingerprint density at radius 1 is 1.35 bits per heavy atom. The minimum Gasteiger partial charge on any atom is -0.467 e. The highest BCUT2D eigenvalue weighted by molar-refractivity contribution is 5.93. The molecule has 6 heteroatoms. The molecule has 2 aromatic rings. The van der Waals surface area contributed by atoms with Gasteiger partial charge in [0.2, 0.25) is 5.91 Å². The maximum Gasteiger partial charge on any atom is 0.315 e.